The molecule has 3 N–H and O–H groups in total. The molecule has 1 aromatic rings. The Bertz CT molecular complexity index is 299. The maximum absolute atomic E-state index is 10.7. The van der Waals surface area contributed by atoms with Gasteiger partial charge in [0.1, 0.15) is 5.75 Å². The first kappa shape index (κ1) is 8.39. The Kier molecular flexibility index (Phi) is 2.19. The number of urea groups is 1. The number of hydrogen-bond acceptors (Lipinski definition) is 2. The van der Waals surface area contributed by atoms with Crippen LogP contribution < -0.4 is 10.6 Å². The summed E-state index contributed by atoms with van der Waals surface area (Å²) in [5.41, 5.74) is 5.60. The van der Waals surface area contributed by atoms with Gasteiger partial charge in [-0.05, 0) is 12.1 Å². The molecule has 1 rings (SSSR count). The lowest BCUT2D eigenvalue weighted by Gasteiger charge is -2.13. The Morgan fingerprint density at radius 2 is 2.25 bits per heavy atom. The van der Waals surface area contributed by atoms with Crippen LogP contribution in [0, 0.1) is 0 Å². The molecule has 0 spiro atoms. The summed E-state index contributed by atoms with van der Waals surface area (Å²) < 4.78 is 0. The highest BCUT2D eigenvalue weighted by Gasteiger charge is 2.05. The number of phenolic OH excluding ortho intramolecular Hbond substituents is 1. The molecule has 0 saturated heterocycles. The van der Waals surface area contributed by atoms with E-state index in [1.54, 1.807) is 12.1 Å². The summed E-state index contributed by atoms with van der Waals surface area (Å²) in [6.07, 6.45) is 0. The van der Waals surface area contributed by atoms with E-state index in [0.717, 1.165) is 0 Å². The molecule has 0 aliphatic heterocycles. The Hall–Kier alpha value is -1.71. The fourth-order valence-electron chi connectivity index (χ4n) is 0.829. The third-order valence-corrected chi connectivity index (χ3v) is 1.55. The first-order valence-corrected chi connectivity index (χ1v) is 3.43. The Morgan fingerprint density at radius 1 is 1.58 bits per heavy atom. The Morgan fingerprint density at radius 3 is 2.75 bits per heavy atom. The van der Waals surface area contributed by atoms with Crippen molar-refractivity contribution in [2.75, 3.05) is 11.9 Å². The third kappa shape index (κ3) is 1.66. The van der Waals surface area contributed by atoms with Crippen LogP contribution in [-0.4, -0.2) is 18.2 Å². The van der Waals surface area contributed by atoms with Gasteiger partial charge in [0, 0.05) is 18.8 Å². The summed E-state index contributed by atoms with van der Waals surface area (Å²) >= 11 is 0. The molecule has 64 valence electrons. The van der Waals surface area contributed by atoms with E-state index in [-0.39, 0.29) is 5.75 Å². The lowest BCUT2D eigenvalue weighted by molar-refractivity contribution is 0.255. The van der Waals surface area contributed by atoms with Crippen LogP contribution in [0.15, 0.2) is 24.3 Å². The molecule has 2 amide bonds. The van der Waals surface area contributed by atoms with Gasteiger partial charge in [-0.25, -0.2) is 4.79 Å². The van der Waals surface area contributed by atoms with Crippen molar-refractivity contribution in [1.29, 1.82) is 0 Å². The van der Waals surface area contributed by atoms with Gasteiger partial charge in [-0.1, -0.05) is 6.07 Å². The Balaban J connectivity index is 2.95. The standard InChI is InChI=1S/C8H10N2O2/c1-10(8(9)12)6-3-2-4-7(11)5-6/h2-5,11H,1H3,(H2,9,12). The van der Waals surface area contributed by atoms with Gasteiger partial charge in [0.2, 0.25) is 0 Å². The molecular formula is C8H10N2O2. The van der Waals surface area contributed by atoms with Crippen molar-refractivity contribution in [3.8, 4) is 5.75 Å². The van der Waals surface area contributed by atoms with E-state index >= 15 is 0 Å². The number of amides is 2. The van der Waals surface area contributed by atoms with Gasteiger partial charge in [-0.3, -0.25) is 4.90 Å². The molecule has 0 unspecified atom stereocenters. The predicted octanol–water partition coefficient (Wildman–Crippen LogP) is 0.907. The normalized spacial score (nSPS) is 9.42. The van der Waals surface area contributed by atoms with E-state index in [1.807, 2.05) is 0 Å². The van der Waals surface area contributed by atoms with Crippen LogP contribution in [0.3, 0.4) is 0 Å². The summed E-state index contributed by atoms with van der Waals surface area (Å²) in [4.78, 5) is 11.9. The van der Waals surface area contributed by atoms with Gasteiger partial charge in [0.05, 0.1) is 0 Å². The fraction of sp³-hybridized carbons (Fsp3) is 0.125. The molecule has 0 aromatic heterocycles. The van der Waals surface area contributed by atoms with Crippen LogP contribution in [-0.2, 0) is 0 Å². The van der Waals surface area contributed by atoms with Crippen molar-refractivity contribution in [3.05, 3.63) is 24.3 Å². The largest absolute Gasteiger partial charge is 0.508 e. The van der Waals surface area contributed by atoms with Crippen molar-refractivity contribution in [1.82, 2.24) is 0 Å². The van der Waals surface area contributed by atoms with E-state index in [4.69, 9.17) is 10.8 Å². The van der Waals surface area contributed by atoms with Gasteiger partial charge in [0.15, 0.2) is 0 Å². The smallest absolute Gasteiger partial charge is 0.318 e. The number of nitrogens with zero attached hydrogens (tertiary/aromatic N) is 1. The molecule has 0 fully saturated rings. The number of rotatable bonds is 1. The summed E-state index contributed by atoms with van der Waals surface area (Å²) in [6, 6.07) is 5.76. The fourth-order valence-corrected chi connectivity index (χ4v) is 0.829. The van der Waals surface area contributed by atoms with E-state index in [0.29, 0.717) is 5.69 Å². The minimum Gasteiger partial charge on any atom is -0.508 e. The van der Waals surface area contributed by atoms with E-state index in [1.165, 1.54) is 24.1 Å². The highest BCUT2D eigenvalue weighted by molar-refractivity contribution is 5.90. The zero-order valence-electron chi connectivity index (χ0n) is 6.69. The number of anilines is 1. The number of aromatic hydroxyl groups is 1. The van der Waals surface area contributed by atoms with E-state index in [9.17, 15) is 4.79 Å². The van der Waals surface area contributed by atoms with Crippen LogP contribution in [0.25, 0.3) is 0 Å². The summed E-state index contributed by atoms with van der Waals surface area (Å²) in [7, 11) is 1.54. The molecule has 4 nitrogen and oxygen atoms in total. The molecule has 0 bridgehead atoms. The van der Waals surface area contributed by atoms with Gasteiger partial charge < -0.3 is 10.8 Å². The molecule has 1 aromatic carbocycles. The molecule has 12 heavy (non-hydrogen) atoms. The number of carbonyl (C=O) groups excluding carboxylic acids is 1. The van der Waals surface area contributed by atoms with Crippen LogP contribution in [0.4, 0.5) is 10.5 Å². The molecule has 0 atom stereocenters. The summed E-state index contributed by atoms with van der Waals surface area (Å²) in [5.74, 6) is 0.112. The van der Waals surface area contributed by atoms with Gasteiger partial charge >= 0.3 is 6.03 Å². The summed E-state index contributed by atoms with van der Waals surface area (Å²) in [5, 5.41) is 9.06. The van der Waals surface area contributed by atoms with Gasteiger partial charge in [0.25, 0.3) is 0 Å². The zero-order chi connectivity index (χ0) is 9.14. The zero-order valence-corrected chi connectivity index (χ0v) is 6.69. The predicted molar refractivity (Wildman–Crippen MR) is 46.1 cm³/mol. The molecule has 0 heterocycles. The monoisotopic (exact) mass is 166 g/mol. The topological polar surface area (TPSA) is 66.6 Å². The Labute approximate surface area is 70.2 Å². The van der Waals surface area contributed by atoms with Crippen molar-refractivity contribution in [2.45, 2.75) is 0 Å². The second-order valence-electron chi connectivity index (χ2n) is 2.42. The molecule has 0 saturated carbocycles. The molecule has 0 aliphatic rings. The quantitative estimate of drug-likeness (QED) is 0.651. The first-order valence-electron chi connectivity index (χ1n) is 3.43. The number of carbonyl (C=O) groups is 1. The second kappa shape index (κ2) is 3.13. The number of primary amides is 1. The van der Waals surface area contributed by atoms with Gasteiger partial charge in [-0.2, -0.15) is 0 Å². The minimum atomic E-state index is -0.555. The van der Waals surface area contributed by atoms with E-state index < -0.39 is 6.03 Å². The van der Waals surface area contributed by atoms with Crippen molar-refractivity contribution in [3.63, 3.8) is 0 Å². The first-order chi connectivity index (χ1) is 5.61. The minimum absolute atomic E-state index is 0.112. The SMILES string of the molecule is CN(C(N)=O)c1cccc(O)c1. The van der Waals surface area contributed by atoms with Crippen LogP contribution >= 0.6 is 0 Å². The molecule has 0 radical (unpaired) electrons. The maximum Gasteiger partial charge on any atom is 0.318 e. The van der Waals surface area contributed by atoms with Crippen molar-refractivity contribution in [2.24, 2.45) is 5.73 Å². The average molecular weight is 166 g/mol. The van der Waals surface area contributed by atoms with E-state index in [2.05, 4.69) is 0 Å². The highest BCUT2D eigenvalue weighted by atomic mass is 16.3. The van der Waals surface area contributed by atoms with Crippen LogP contribution in [0.1, 0.15) is 0 Å². The number of hydrogen-bond donors (Lipinski definition) is 2. The lowest BCUT2D eigenvalue weighted by Crippen LogP contribution is -2.31. The second-order valence-corrected chi connectivity index (χ2v) is 2.42. The molecule has 0 aliphatic carbocycles. The van der Waals surface area contributed by atoms with Crippen LogP contribution in [0.5, 0.6) is 5.75 Å². The number of phenols is 1. The summed E-state index contributed by atoms with van der Waals surface area (Å²) in [6.45, 7) is 0. The highest BCUT2D eigenvalue weighted by Crippen LogP contribution is 2.18. The third-order valence-electron chi connectivity index (χ3n) is 1.55. The lowest BCUT2D eigenvalue weighted by atomic mass is 10.3. The maximum atomic E-state index is 10.7. The molecule has 4 heteroatoms. The van der Waals surface area contributed by atoms with Crippen molar-refractivity contribution >= 4 is 11.7 Å². The van der Waals surface area contributed by atoms with Crippen molar-refractivity contribution < 1.29 is 9.90 Å². The average Bonchev–Trinajstić information content (AvgIpc) is 2.03. The molecular weight excluding hydrogens is 156 g/mol. The number of nitrogens with two attached hydrogens (primary N) is 1. The number of benzene rings is 1. The van der Waals surface area contributed by atoms with Gasteiger partial charge in [-0.15, -0.1) is 0 Å². The van der Waals surface area contributed by atoms with Crippen LogP contribution in [0.2, 0.25) is 0 Å².